The first-order valence-electron chi connectivity index (χ1n) is 6.75. The van der Waals surface area contributed by atoms with Gasteiger partial charge in [0.15, 0.2) is 0 Å². The first-order chi connectivity index (χ1) is 9.77. The minimum absolute atomic E-state index is 0.121. The Hall–Kier alpha value is -0.720. The Bertz CT molecular complexity index is 530. The van der Waals surface area contributed by atoms with Gasteiger partial charge in [0, 0.05) is 21.0 Å². The Balaban J connectivity index is 2.07. The third-order valence-electron chi connectivity index (χ3n) is 3.32. The van der Waals surface area contributed by atoms with Gasteiger partial charge in [0.2, 0.25) is 0 Å². The molecule has 0 radical (unpaired) electrons. The minimum atomic E-state index is 0.121. The van der Waals surface area contributed by atoms with Crippen LogP contribution < -0.4 is 10.5 Å². The number of halogens is 2. The van der Waals surface area contributed by atoms with Crippen molar-refractivity contribution in [1.82, 2.24) is 4.90 Å². The van der Waals surface area contributed by atoms with E-state index in [9.17, 15) is 0 Å². The van der Waals surface area contributed by atoms with E-state index in [1.165, 1.54) is 0 Å². The van der Waals surface area contributed by atoms with Crippen LogP contribution in [-0.4, -0.2) is 30.1 Å². The number of nitrogens with two attached hydrogens (primary N) is 1. The van der Waals surface area contributed by atoms with Gasteiger partial charge in [-0.2, -0.15) is 0 Å². The lowest BCUT2D eigenvalue weighted by Gasteiger charge is -2.38. The highest BCUT2D eigenvalue weighted by molar-refractivity contribution is 9.11. The highest BCUT2D eigenvalue weighted by Crippen LogP contribution is 2.33. The lowest BCUT2D eigenvalue weighted by atomic mass is 10.1. The smallest absolute Gasteiger partial charge is 0.145 e. The van der Waals surface area contributed by atoms with Gasteiger partial charge in [-0.15, -0.1) is 0 Å². The Kier molecular flexibility index (Phi) is 5.22. The van der Waals surface area contributed by atoms with Crippen molar-refractivity contribution in [3.63, 3.8) is 0 Å². The SMILES string of the molecule is CC(C)(C)N1CCOC(=COc2cc(Br)c(N)c(Br)c2)C1. The summed E-state index contributed by atoms with van der Waals surface area (Å²) in [6.07, 6.45) is 1.67. The van der Waals surface area contributed by atoms with E-state index in [0.717, 1.165) is 27.8 Å². The maximum atomic E-state index is 5.86. The maximum absolute atomic E-state index is 5.86. The summed E-state index contributed by atoms with van der Waals surface area (Å²) in [5, 5.41) is 0. The second-order valence-electron chi connectivity index (χ2n) is 5.94. The zero-order chi connectivity index (χ0) is 15.6. The molecule has 21 heavy (non-hydrogen) atoms. The average molecular weight is 420 g/mol. The van der Waals surface area contributed by atoms with Crippen LogP contribution in [-0.2, 0) is 4.74 Å². The summed E-state index contributed by atoms with van der Waals surface area (Å²) < 4.78 is 12.9. The molecule has 6 heteroatoms. The third-order valence-corrected chi connectivity index (χ3v) is 4.64. The van der Waals surface area contributed by atoms with E-state index in [-0.39, 0.29) is 5.54 Å². The van der Waals surface area contributed by atoms with Gasteiger partial charge in [0.1, 0.15) is 24.4 Å². The molecule has 0 aromatic heterocycles. The number of morpholine rings is 1. The maximum Gasteiger partial charge on any atom is 0.145 e. The zero-order valence-electron chi connectivity index (χ0n) is 12.5. The lowest BCUT2D eigenvalue weighted by Crippen LogP contribution is -2.47. The van der Waals surface area contributed by atoms with Crippen molar-refractivity contribution < 1.29 is 9.47 Å². The van der Waals surface area contributed by atoms with Crippen molar-refractivity contribution in [3.8, 4) is 5.75 Å². The molecule has 0 saturated carbocycles. The van der Waals surface area contributed by atoms with Crippen LogP contribution in [0.25, 0.3) is 0 Å². The monoisotopic (exact) mass is 418 g/mol. The number of benzene rings is 1. The molecule has 0 aliphatic carbocycles. The molecule has 1 aliphatic heterocycles. The van der Waals surface area contributed by atoms with Crippen LogP contribution in [0.3, 0.4) is 0 Å². The molecule has 0 bridgehead atoms. The highest BCUT2D eigenvalue weighted by atomic mass is 79.9. The summed E-state index contributed by atoms with van der Waals surface area (Å²) in [5.41, 5.74) is 6.64. The zero-order valence-corrected chi connectivity index (χ0v) is 15.6. The molecule has 0 atom stereocenters. The van der Waals surface area contributed by atoms with Crippen molar-refractivity contribution in [2.24, 2.45) is 0 Å². The Morgan fingerprint density at radius 2 is 1.90 bits per heavy atom. The van der Waals surface area contributed by atoms with Crippen molar-refractivity contribution in [3.05, 3.63) is 33.1 Å². The molecular weight excluding hydrogens is 400 g/mol. The summed E-state index contributed by atoms with van der Waals surface area (Å²) in [6.45, 7) is 8.96. The van der Waals surface area contributed by atoms with E-state index in [1.54, 1.807) is 6.26 Å². The second kappa shape index (κ2) is 6.58. The predicted molar refractivity (Wildman–Crippen MR) is 92.2 cm³/mol. The van der Waals surface area contributed by atoms with Crippen LogP contribution in [0.5, 0.6) is 5.75 Å². The molecule has 1 fully saturated rings. The van der Waals surface area contributed by atoms with Crippen LogP contribution in [0.15, 0.2) is 33.1 Å². The normalized spacial score (nSPS) is 18.6. The summed E-state index contributed by atoms with van der Waals surface area (Å²) in [4.78, 5) is 2.36. The van der Waals surface area contributed by atoms with E-state index in [0.29, 0.717) is 18.0 Å². The van der Waals surface area contributed by atoms with E-state index >= 15 is 0 Å². The molecule has 1 saturated heterocycles. The van der Waals surface area contributed by atoms with E-state index in [2.05, 4.69) is 57.5 Å². The third kappa shape index (κ3) is 4.37. The number of ether oxygens (including phenoxy) is 2. The van der Waals surface area contributed by atoms with Gasteiger partial charge in [0.25, 0.3) is 0 Å². The fourth-order valence-corrected chi connectivity index (χ4v) is 3.15. The molecule has 1 heterocycles. The quantitative estimate of drug-likeness (QED) is 0.577. The largest absolute Gasteiger partial charge is 0.492 e. The van der Waals surface area contributed by atoms with Gasteiger partial charge in [-0.25, -0.2) is 0 Å². The molecule has 116 valence electrons. The molecule has 2 N–H and O–H groups in total. The van der Waals surface area contributed by atoms with Crippen LogP contribution >= 0.6 is 31.9 Å². The topological polar surface area (TPSA) is 47.7 Å². The average Bonchev–Trinajstić information content (AvgIpc) is 2.42. The van der Waals surface area contributed by atoms with Crippen LogP contribution in [0.1, 0.15) is 20.8 Å². The number of nitrogens with zero attached hydrogens (tertiary/aromatic N) is 1. The van der Waals surface area contributed by atoms with Crippen LogP contribution in [0, 0.1) is 0 Å². The molecule has 0 unspecified atom stereocenters. The summed E-state index contributed by atoms with van der Waals surface area (Å²) in [7, 11) is 0. The molecule has 0 spiro atoms. The van der Waals surface area contributed by atoms with E-state index in [1.807, 2.05) is 12.1 Å². The van der Waals surface area contributed by atoms with Crippen molar-refractivity contribution in [2.75, 3.05) is 25.4 Å². The molecule has 2 rings (SSSR count). The van der Waals surface area contributed by atoms with Gasteiger partial charge in [-0.3, -0.25) is 4.90 Å². The van der Waals surface area contributed by atoms with Gasteiger partial charge in [-0.1, -0.05) is 0 Å². The van der Waals surface area contributed by atoms with E-state index < -0.39 is 0 Å². The minimum Gasteiger partial charge on any atom is -0.492 e. The number of rotatable bonds is 2. The summed E-state index contributed by atoms with van der Waals surface area (Å²) in [5.74, 6) is 1.53. The fourth-order valence-electron chi connectivity index (χ4n) is 2.01. The number of anilines is 1. The molecule has 1 aromatic rings. The number of hydrogen-bond donors (Lipinski definition) is 1. The molecule has 4 nitrogen and oxygen atoms in total. The van der Waals surface area contributed by atoms with Gasteiger partial charge < -0.3 is 15.2 Å². The predicted octanol–water partition coefficient (Wildman–Crippen LogP) is 4.14. The van der Waals surface area contributed by atoms with Crippen LogP contribution in [0.2, 0.25) is 0 Å². The Morgan fingerprint density at radius 3 is 2.48 bits per heavy atom. The van der Waals surface area contributed by atoms with E-state index in [4.69, 9.17) is 15.2 Å². The molecule has 1 aromatic carbocycles. The summed E-state index contributed by atoms with van der Waals surface area (Å²) in [6, 6.07) is 3.67. The Morgan fingerprint density at radius 1 is 1.29 bits per heavy atom. The summed E-state index contributed by atoms with van der Waals surface area (Å²) >= 11 is 6.81. The fraction of sp³-hybridized carbons (Fsp3) is 0.467. The number of hydrogen-bond acceptors (Lipinski definition) is 4. The van der Waals surface area contributed by atoms with Gasteiger partial charge >= 0.3 is 0 Å². The molecular formula is C15H20Br2N2O2. The van der Waals surface area contributed by atoms with Gasteiger partial charge in [0.05, 0.1) is 12.2 Å². The van der Waals surface area contributed by atoms with Crippen molar-refractivity contribution in [1.29, 1.82) is 0 Å². The molecule has 0 amide bonds. The second-order valence-corrected chi connectivity index (χ2v) is 7.65. The van der Waals surface area contributed by atoms with Crippen molar-refractivity contribution >= 4 is 37.5 Å². The molecule has 1 aliphatic rings. The Labute approximate surface area is 142 Å². The standard InChI is InChI=1S/C15H20Br2N2O2/c1-15(2,3)19-4-5-20-11(8-19)9-21-10-6-12(16)14(18)13(17)7-10/h6-7,9H,4-5,8,18H2,1-3H3. The first-order valence-corrected chi connectivity index (χ1v) is 8.34. The number of nitrogen functional groups attached to an aromatic ring is 1. The highest BCUT2D eigenvalue weighted by Gasteiger charge is 2.25. The lowest BCUT2D eigenvalue weighted by molar-refractivity contribution is 0.0360. The van der Waals surface area contributed by atoms with Crippen molar-refractivity contribution in [2.45, 2.75) is 26.3 Å². The van der Waals surface area contributed by atoms with Gasteiger partial charge in [-0.05, 0) is 64.8 Å². The van der Waals surface area contributed by atoms with Crippen LogP contribution in [0.4, 0.5) is 5.69 Å². The first kappa shape index (κ1) is 16.6.